The van der Waals surface area contributed by atoms with E-state index in [2.05, 4.69) is 16.9 Å². The largest absolute Gasteiger partial charge is 0.382 e. The Morgan fingerprint density at radius 1 is 1.38 bits per heavy atom. The molecule has 2 N–H and O–H groups in total. The highest BCUT2D eigenvalue weighted by molar-refractivity contribution is 6.30. The highest BCUT2D eigenvalue weighted by Gasteiger charge is 2.18. The summed E-state index contributed by atoms with van der Waals surface area (Å²) in [7, 11) is 1.97. The number of aromatic nitrogens is 3. The van der Waals surface area contributed by atoms with Gasteiger partial charge < -0.3 is 15.0 Å². The van der Waals surface area contributed by atoms with E-state index in [1.165, 1.54) is 0 Å². The lowest BCUT2D eigenvalue weighted by Gasteiger charge is -2.26. The van der Waals surface area contributed by atoms with Gasteiger partial charge in [0.25, 0.3) is 0 Å². The van der Waals surface area contributed by atoms with Crippen molar-refractivity contribution in [1.82, 2.24) is 14.4 Å². The Balaban J connectivity index is 2.03. The smallest absolute Gasteiger partial charge is 0.180 e. The monoisotopic (exact) mass is 301 g/mol. The summed E-state index contributed by atoms with van der Waals surface area (Å²) in [5, 5.41) is 0.722. The van der Waals surface area contributed by atoms with E-state index < -0.39 is 0 Å². The van der Waals surface area contributed by atoms with Gasteiger partial charge >= 0.3 is 0 Å². The summed E-state index contributed by atoms with van der Waals surface area (Å²) < 4.78 is 1.87. The van der Waals surface area contributed by atoms with E-state index in [1.54, 1.807) is 12.4 Å². The fraction of sp³-hybridized carbons (Fsp3) is 0.200. The molecule has 0 aliphatic carbocycles. The molecule has 108 valence electrons. The average molecular weight is 302 g/mol. The van der Waals surface area contributed by atoms with Crippen LogP contribution in [0.5, 0.6) is 0 Å². The number of imidazole rings is 1. The van der Waals surface area contributed by atoms with Gasteiger partial charge in [0.15, 0.2) is 11.5 Å². The van der Waals surface area contributed by atoms with Crippen LogP contribution >= 0.6 is 11.6 Å². The molecule has 3 aromatic rings. The summed E-state index contributed by atoms with van der Waals surface area (Å²) in [6.07, 6.45) is 5.34. The molecular weight excluding hydrogens is 286 g/mol. The lowest BCUT2D eigenvalue weighted by atomic mass is 10.1. The van der Waals surface area contributed by atoms with Crippen molar-refractivity contribution in [3.8, 4) is 0 Å². The van der Waals surface area contributed by atoms with Crippen molar-refractivity contribution in [2.75, 3.05) is 17.7 Å². The van der Waals surface area contributed by atoms with Crippen LogP contribution in [0.1, 0.15) is 18.5 Å². The fourth-order valence-corrected chi connectivity index (χ4v) is 2.54. The Morgan fingerprint density at radius 3 is 2.95 bits per heavy atom. The topological polar surface area (TPSA) is 59.5 Å². The number of nitrogens with zero attached hydrogens (tertiary/aromatic N) is 4. The summed E-state index contributed by atoms with van der Waals surface area (Å²) in [5.74, 6) is 1.20. The Labute approximate surface area is 128 Å². The van der Waals surface area contributed by atoms with Gasteiger partial charge in [-0.05, 0) is 24.6 Å². The van der Waals surface area contributed by atoms with Crippen LogP contribution in [0.15, 0.2) is 42.9 Å². The molecule has 5 nitrogen and oxygen atoms in total. The molecule has 6 heteroatoms. The maximum Gasteiger partial charge on any atom is 0.180 e. The molecule has 0 aliphatic rings. The third-order valence-electron chi connectivity index (χ3n) is 3.62. The van der Waals surface area contributed by atoms with Gasteiger partial charge in [-0.1, -0.05) is 23.7 Å². The number of rotatable bonds is 3. The molecule has 3 rings (SSSR count). The number of nitrogens with two attached hydrogens (primary N) is 1. The SMILES string of the molecule is CC(c1cccc(Cl)c1)N(C)c1nc(N)cn2ccnc12. The number of hydrogen-bond donors (Lipinski definition) is 1. The van der Waals surface area contributed by atoms with Gasteiger partial charge in [-0.15, -0.1) is 0 Å². The minimum absolute atomic E-state index is 0.0958. The van der Waals surface area contributed by atoms with Crippen LogP contribution in [-0.4, -0.2) is 21.4 Å². The molecule has 2 aromatic heterocycles. The average Bonchev–Trinajstić information content (AvgIpc) is 2.93. The highest BCUT2D eigenvalue weighted by Crippen LogP contribution is 2.28. The van der Waals surface area contributed by atoms with Crippen molar-refractivity contribution < 1.29 is 0 Å². The highest BCUT2D eigenvalue weighted by atomic mass is 35.5. The van der Waals surface area contributed by atoms with Crippen molar-refractivity contribution in [1.29, 1.82) is 0 Å². The zero-order chi connectivity index (χ0) is 15.0. The molecule has 0 radical (unpaired) electrons. The molecule has 1 aromatic carbocycles. The van der Waals surface area contributed by atoms with Crippen molar-refractivity contribution in [3.05, 3.63) is 53.4 Å². The molecule has 0 spiro atoms. The van der Waals surface area contributed by atoms with Crippen LogP contribution in [-0.2, 0) is 0 Å². The molecule has 0 saturated carbocycles. The lowest BCUT2D eigenvalue weighted by molar-refractivity contribution is 0.729. The van der Waals surface area contributed by atoms with Crippen molar-refractivity contribution in [2.45, 2.75) is 13.0 Å². The molecule has 0 saturated heterocycles. The van der Waals surface area contributed by atoms with Gasteiger partial charge in [0, 0.05) is 24.5 Å². The first kappa shape index (κ1) is 13.7. The van der Waals surface area contributed by atoms with Crippen molar-refractivity contribution >= 4 is 28.9 Å². The summed E-state index contributed by atoms with van der Waals surface area (Å²) in [4.78, 5) is 10.8. The van der Waals surface area contributed by atoms with Gasteiger partial charge in [-0.25, -0.2) is 9.97 Å². The zero-order valence-corrected chi connectivity index (χ0v) is 12.6. The molecule has 21 heavy (non-hydrogen) atoms. The van der Waals surface area contributed by atoms with E-state index in [0.29, 0.717) is 5.82 Å². The van der Waals surface area contributed by atoms with E-state index in [-0.39, 0.29) is 6.04 Å². The first-order valence-corrected chi connectivity index (χ1v) is 7.01. The lowest BCUT2D eigenvalue weighted by Crippen LogP contribution is -2.23. The molecule has 0 amide bonds. The predicted octanol–water partition coefficient (Wildman–Crippen LogP) is 3.16. The second-order valence-corrected chi connectivity index (χ2v) is 5.43. The van der Waals surface area contributed by atoms with Crippen LogP contribution in [0.4, 0.5) is 11.6 Å². The van der Waals surface area contributed by atoms with Gasteiger partial charge in [0.05, 0.1) is 12.2 Å². The first-order valence-electron chi connectivity index (χ1n) is 6.64. The van der Waals surface area contributed by atoms with E-state index >= 15 is 0 Å². The van der Waals surface area contributed by atoms with Crippen LogP contribution < -0.4 is 10.6 Å². The number of anilines is 2. The molecule has 1 atom stereocenters. The van der Waals surface area contributed by atoms with Gasteiger partial charge in [-0.3, -0.25) is 0 Å². The summed E-state index contributed by atoms with van der Waals surface area (Å²) >= 11 is 6.07. The summed E-state index contributed by atoms with van der Waals surface area (Å²) in [6.45, 7) is 2.09. The third kappa shape index (κ3) is 2.52. The number of halogens is 1. The van der Waals surface area contributed by atoms with E-state index in [4.69, 9.17) is 17.3 Å². The third-order valence-corrected chi connectivity index (χ3v) is 3.86. The predicted molar refractivity (Wildman–Crippen MR) is 85.7 cm³/mol. The van der Waals surface area contributed by atoms with Crippen molar-refractivity contribution in [2.24, 2.45) is 0 Å². The fourth-order valence-electron chi connectivity index (χ4n) is 2.34. The Kier molecular flexibility index (Phi) is 3.43. The van der Waals surface area contributed by atoms with Crippen molar-refractivity contribution in [3.63, 3.8) is 0 Å². The number of benzene rings is 1. The Bertz CT molecular complexity index is 783. The second kappa shape index (κ2) is 5.26. The molecule has 0 aliphatic heterocycles. The number of hydrogen-bond acceptors (Lipinski definition) is 4. The minimum Gasteiger partial charge on any atom is -0.382 e. The van der Waals surface area contributed by atoms with E-state index in [1.807, 2.05) is 46.8 Å². The van der Waals surface area contributed by atoms with Gasteiger partial charge in [0.2, 0.25) is 0 Å². The second-order valence-electron chi connectivity index (χ2n) is 4.99. The van der Waals surface area contributed by atoms with Crippen LogP contribution in [0.25, 0.3) is 5.65 Å². The number of fused-ring (bicyclic) bond motifs is 1. The zero-order valence-electron chi connectivity index (χ0n) is 11.9. The molecule has 1 unspecified atom stereocenters. The first-order chi connectivity index (χ1) is 10.1. The minimum atomic E-state index is 0.0958. The van der Waals surface area contributed by atoms with Gasteiger partial charge in [-0.2, -0.15) is 0 Å². The quantitative estimate of drug-likeness (QED) is 0.807. The van der Waals surface area contributed by atoms with Gasteiger partial charge in [0.1, 0.15) is 5.82 Å². The number of nitrogen functional groups attached to an aromatic ring is 1. The summed E-state index contributed by atoms with van der Waals surface area (Å²) in [6, 6.07) is 7.90. The molecule has 0 fully saturated rings. The Morgan fingerprint density at radius 2 is 2.19 bits per heavy atom. The van der Waals surface area contributed by atoms with E-state index in [9.17, 15) is 0 Å². The van der Waals surface area contributed by atoms with E-state index in [0.717, 1.165) is 22.1 Å². The Hall–Kier alpha value is -2.27. The normalized spacial score (nSPS) is 12.5. The standard InChI is InChI=1S/C15H16ClN5/c1-10(11-4-3-5-12(16)8-11)20(2)15-14-18-6-7-21(14)9-13(17)19-15/h3-10H,17H2,1-2H3. The van der Waals surface area contributed by atoms with Crippen LogP contribution in [0, 0.1) is 0 Å². The molecule has 2 heterocycles. The van der Waals surface area contributed by atoms with Crippen LogP contribution in [0.2, 0.25) is 5.02 Å². The maximum absolute atomic E-state index is 6.07. The molecule has 0 bridgehead atoms. The van der Waals surface area contributed by atoms with Crippen LogP contribution in [0.3, 0.4) is 0 Å². The molecular formula is C15H16ClN5. The maximum atomic E-state index is 6.07. The summed E-state index contributed by atoms with van der Waals surface area (Å²) in [5.41, 5.74) is 7.77.